The molecule has 2 N–H and O–H groups in total. The molecule has 1 aliphatic heterocycles. The van der Waals surface area contributed by atoms with Crippen molar-refractivity contribution in [3.63, 3.8) is 0 Å². The molecule has 3 atom stereocenters. The minimum Gasteiger partial charge on any atom is -0.378 e. The highest BCUT2D eigenvalue weighted by molar-refractivity contribution is 7.07. The van der Waals surface area contributed by atoms with Crippen LogP contribution in [0.25, 0.3) is 0 Å². The van der Waals surface area contributed by atoms with E-state index in [1.54, 1.807) is 11.3 Å². The lowest BCUT2D eigenvalue weighted by Crippen LogP contribution is -2.31. The van der Waals surface area contributed by atoms with Gasteiger partial charge in [-0.15, -0.1) is 0 Å². The predicted molar refractivity (Wildman–Crippen MR) is 64.1 cm³/mol. The van der Waals surface area contributed by atoms with Gasteiger partial charge in [-0.2, -0.15) is 11.3 Å². The van der Waals surface area contributed by atoms with Gasteiger partial charge in [-0.25, -0.2) is 0 Å². The van der Waals surface area contributed by atoms with Gasteiger partial charge in [0.1, 0.15) is 0 Å². The molecule has 0 bridgehead atoms. The third-order valence-electron chi connectivity index (χ3n) is 3.18. The SMILES string of the molecule is CC1CC(C(N)CCc2ccsc2)CO1. The van der Waals surface area contributed by atoms with Crippen molar-refractivity contribution in [1.29, 1.82) is 0 Å². The largest absolute Gasteiger partial charge is 0.378 e. The average molecular weight is 225 g/mol. The first-order valence-electron chi connectivity index (χ1n) is 5.64. The zero-order valence-electron chi connectivity index (χ0n) is 9.19. The normalized spacial score (nSPS) is 28.1. The summed E-state index contributed by atoms with van der Waals surface area (Å²) in [6.07, 6.45) is 3.72. The molecule has 1 aliphatic rings. The van der Waals surface area contributed by atoms with Crippen LogP contribution in [0, 0.1) is 5.92 Å². The fourth-order valence-electron chi connectivity index (χ4n) is 2.15. The topological polar surface area (TPSA) is 35.2 Å². The highest BCUT2D eigenvalue weighted by Crippen LogP contribution is 2.23. The van der Waals surface area contributed by atoms with E-state index in [2.05, 4.69) is 23.8 Å². The molecule has 0 amide bonds. The quantitative estimate of drug-likeness (QED) is 0.854. The van der Waals surface area contributed by atoms with E-state index in [0.29, 0.717) is 18.1 Å². The third kappa shape index (κ3) is 3.03. The molecule has 0 radical (unpaired) electrons. The number of hydrogen-bond acceptors (Lipinski definition) is 3. The standard InChI is InChI=1S/C12H19NOS/c1-9-6-11(7-14-9)12(13)3-2-10-4-5-15-8-10/h4-5,8-9,11-12H,2-3,6-7,13H2,1H3. The second kappa shape index (κ2) is 5.10. The lowest BCUT2D eigenvalue weighted by atomic mass is 9.93. The number of thiophene rings is 1. The number of hydrogen-bond donors (Lipinski definition) is 1. The zero-order chi connectivity index (χ0) is 10.7. The third-order valence-corrected chi connectivity index (χ3v) is 3.91. The van der Waals surface area contributed by atoms with Gasteiger partial charge in [0.25, 0.3) is 0 Å². The van der Waals surface area contributed by atoms with Crippen molar-refractivity contribution in [2.24, 2.45) is 11.7 Å². The Morgan fingerprint density at radius 3 is 3.13 bits per heavy atom. The summed E-state index contributed by atoms with van der Waals surface area (Å²) in [5.41, 5.74) is 7.60. The Morgan fingerprint density at radius 2 is 2.53 bits per heavy atom. The molecule has 15 heavy (non-hydrogen) atoms. The first-order chi connectivity index (χ1) is 7.25. The van der Waals surface area contributed by atoms with Crippen molar-refractivity contribution >= 4 is 11.3 Å². The van der Waals surface area contributed by atoms with Crippen LogP contribution >= 0.6 is 11.3 Å². The predicted octanol–water partition coefficient (Wildman–Crippen LogP) is 2.43. The van der Waals surface area contributed by atoms with Gasteiger partial charge >= 0.3 is 0 Å². The van der Waals surface area contributed by atoms with Crippen molar-refractivity contribution in [2.45, 2.75) is 38.3 Å². The molecule has 1 saturated heterocycles. The van der Waals surface area contributed by atoms with Crippen LogP contribution in [-0.2, 0) is 11.2 Å². The molecule has 1 aromatic rings. The Kier molecular flexibility index (Phi) is 3.78. The molecule has 2 heterocycles. The molecule has 3 unspecified atom stereocenters. The lowest BCUT2D eigenvalue weighted by molar-refractivity contribution is 0.118. The molecule has 1 fully saturated rings. The van der Waals surface area contributed by atoms with Gasteiger partial charge in [-0.1, -0.05) is 0 Å². The van der Waals surface area contributed by atoms with Crippen LogP contribution in [-0.4, -0.2) is 18.8 Å². The Labute approximate surface area is 95.4 Å². The van der Waals surface area contributed by atoms with E-state index >= 15 is 0 Å². The molecule has 84 valence electrons. The summed E-state index contributed by atoms with van der Waals surface area (Å²) in [5.74, 6) is 0.568. The van der Waals surface area contributed by atoms with Crippen molar-refractivity contribution < 1.29 is 4.74 Å². The number of aryl methyl sites for hydroxylation is 1. The fourth-order valence-corrected chi connectivity index (χ4v) is 2.86. The van der Waals surface area contributed by atoms with Crippen LogP contribution in [0.2, 0.25) is 0 Å². The Balaban J connectivity index is 1.75. The van der Waals surface area contributed by atoms with Crippen molar-refractivity contribution in [3.8, 4) is 0 Å². The molecule has 2 rings (SSSR count). The minimum atomic E-state index is 0.301. The second-order valence-electron chi connectivity index (χ2n) is 4.47. The monoisotopic (exact) mass is 225 g/mol. The first-order valence-corrected chi connectivity index (χ1v) is 6.58. The average Bonchev–Trinajstić information content (AvgIpc) is 2.84. The molecule has 0 aliphatic carbocycles. The maximum absolute atomic E-state index is 6.18. The lowest BCUT2D eigenvalue weighted by Gasteiger charge is -2.17. The highest BCUT2D eigenvalue weighted by atomic mass is 32.1. The highest BCUT2D eigenvalue weighted by Gasteiger charge is 2.26. The molecule has 0 spiro atoms. The summed E-state index contributed by atoms with van der Waals surface area (Å²) in [5, 5.41) is 4.34. The molecular weight excluding hydrogens is 206 g/mol. The van der Waals surface area contributed by atoms with Crippen molar-refractivity contribution in [3.05, 3.63) is 22.4 Å². The van der Waals surface area contributed by atoms with Gasteiger partial charge in [0.2, 0.25) is 0 Å². The van der Waals surface area contributed by atoms with E-state index in [1.807, 2.05) is 0 Å². The van der Waals surface area contributed by atoms with E-state index in [0.717, 1.165) is 25.9 Å². The summed E-state index contributed by atoms with van der Waals surface area (Å²) < 4.78 is 5.55. The summed E-state index contributed by atoms with van der Waals surface area (Å²) in [6, 6.07) is 2.49. The van der Waals surface area contributed by atoms with Crippen LogP contribution < -0.4 is 5.73 Å². The van der Waals surface area contributed by atoms with Gasteiger partial charge in [-0.05, 0) is 54.5 Å². The molecule has 3 heteroatoms. The van der Waals surface area contributed by atoms with E-state index in [-0.39, 0.29) is 0 Å². The first kappa shape index (κ1) is 11.1. The Morgan fingerprint density at radius 1 is 1.67 bits per heavy atom. The number of rotatable bonds is 4. The second-order valence-corrected chi connectivity index (χ2v) is 5.25. The van der Waals surface area contributed by atoms with Gasteiger partial charge < -0.3 is 10.5 Å². The van der Waals surface area contributed by atoms with E-state index < -0.39 is 0 Å². The van der Waals surface area contributed by atoms with Crippen LogP contribution in [0.3, 0.4) is 0 Å². The number of ether oxygens (including phenoxy) is 1. The smallest absolute Gasteiger partial charge is 0.0551 e. The minimum absolute atomic E-state index is 0.301. The maximum atomic E-state index is 6.18. The molecular formula is C12H19NOS. The van der Waals surface area contributed by atoms with E-state index in [9.17, 15) is 0 Å². The van der Waals surface area contributed by atoms with Crippen LogP contribution in [0.15, 0.2) is 16.8 Å². The summed E-state index contributed by atoms with van der Waals surface area (Å²) in [4.78, 5) is 0. The molecule has 2 nitrogen and oxygen atoms in total. The van der Waals surface area contributed by atoms with Crippen LogP contribution in [0.5, 0.6) is 0 Å². The number of nitrogens with two attached hydrogens (primary N) is 1. The molecule has 0 saturated carbocycles. The van der Waals surface area contributed by atoms with Gasteiger partial charge in [0.05, 0.1) is 12.7 Å². The maximum Gasteiger partial charge on any atom is 0.0551 e. The van der Waals surface area contributed by atoms with Gasteiger partial charge in [-0.3, -0.25) is 0 Å². The van der Waals surface area contributed by atoms with Crippen LogP contribution in [0.1, 0.15) is 25.3 Å². The summed E-state index contributed by atoms with van der Waals surface area (Å²) in [6.45, 7) is 2.98. The molecule has 1 aromatic heterocycles. The molecule has 0 aromatic carbocycles. The van der Waals surface area contributed by atoms with Crippen molar-refractivity contribution in [2.75, 3.05) is 6.61 Å². The Bertz CT molecular complexity index is 286. The zero-order valence-corrected chi connectivity index (χ0v) is 10.0. The summed E-state index contributed by atoms with van der Waals surface area (Å²) in [7, 11) is 0. The van der Waals surface area contributed by atoms with E-state index in [1.165, 1.54) is 5.56 Å². The van der Waals surface area contributed by atoms with Gasteiger partial charge in [0.15, 0.2) is 0 Å². The Hall–Kier alpha value is -0.380. The van der Waals surface area contributed by atoms with Crippen molar-refractivity contribution in [1.82, 2.24) is 0 Å². The fraction of sp³-hybridized carbons (Fsp3) is 0.667. The van der Waals surface area contributed by atoms with Crippen LogP contribution in [0.4, 0.5) is 0 Å². The summed E-state index contributed by atoms with van der Waals surface area (Å²) >= 11 is 1.76. The van der Waals surface area contributed by atoms with Gasteiger partial charge in [0, 0.05) is 6.04 Å². The van der Waals surface area contributed by atoms with E-state index in [4.69, 9.17) is 10.5 Å².